The highest BCUT2D eigenvalue weighted by molar-refractivity contribution is 6.06. The number of rotatable bonds is 7. The fraction of sp³-hybridized carbons (Fsp3) is 0.219. The Morgan fingerprint density at radius 3 is 2.70 bits per heavy atom. The predicted molar refractivity (Wildman–Crippen MR) is 157 cm³/mol. The minimum absolute atomic E-state index is 0.0916. The van der Waals surface area contributed by atoms with Crippen LogP contribution in [0.4, 0.5) is 5.69 Å². The number of hydrogen-bond donors (Lipinski definition) is 3. The summed E-state index contributed by atoms with van der Waals surface area (Å²) in [5, 5.41) is 13.8. The molecule has 3 aromatic carbocycles. The molecule has 40 heavy (non-hydrogen) atoms. The van der Waals surface area contributed by atoms with Gasteiger partial charge in [0.05, 0.1) is 23.7 Å². The molecule has 2 aromatic heterocycles. The Morgan fingerprint density at radius 1 is 1.00 bits per heavy atom. The lowest BCUT2D eigenvalue weighted by Gasteiger charge is -2.27. The summed E-state index contributed by atoms with van der Waals surface area (Å²) in [6.07, 6.45) is 5.40. The van der Waals surface area contributed by atoms with Gasteiger partial charge in [-0.3, -0.25) is 9.69 Å². The first-order valence-electron chi connectivity index (χ1n) is 13.5. The molecule has 5 aromatic rings. The second-order valence-corrected chi connectivity index (χ2v) is 10.1. The molecule has 0 bridgehead atoms. The maximum absolute atomic E-state index is 13.3. The summed E-state index contributed by atoms with van der Waals surface area (Å²) in [6.45, 7) is 3.01. The minimum atomic E-state index is -0.189. The second-order valence-electron chi connectivity index (χ2n) is 10.1. The highest BCUT2D eigenvalue weighted by atomic mass is 16.5. The third-order valence-electron chi connectivity index (χ3n) is 7.38. The van der Waals surface area contributed by atoms with Gasteiger partial charge >= 0.3 is 0 Å². The van der Waals surface area contributed by atoms with E-state index in [0.29, 0.717) is 28.3 Å². The Balaban J connectivity index is 1.26. The molecule has 0 atom stereocenters. The van der Waals surface area contributed by atoms with E-state index in [0.717, 1.165) is 47.5 Å². The molecular formula is C32H31N5O3. The summed E-state index contributed by atoms with van der Waals surface area (Å²) in [5.41, 5.74) is 6.03. The van der Waals surface area contributed by atoms with Gasteiger partial charge in [-0.1, -0.05) is 30.7 Å². The van der Waals surface area contributed by atoms with Crippen LogP contribution >= 0.6 is 0 Å². The molecule has 1 fully saturated rings. The smallest absolute Gasteiger partial charge is 0.255 e. The van der Waals surface area contributed by atoms with Crippen LogP contribution < -0.4 is 10.1 Å². The summed E-state index contributed by atoms with van der Waals surface area (Å²) in [6, 6.07) is 22.4. The van der Waals surface area contributed by atoms with Crippen LogP contribution in [0.2, 0.25) is 0 Å². The van der Waals surface area contributed by atoms with E-state index >= 15 is 0 Å². The van der Waals surface area contributed by atoms with Gasteiger partial charge in [0.1, 0.15) is 11.6 Å². The van der Waals surface area contributed by atoms with Gasteiger partial charge in [0, 0.05) is 29.6 Å². The number of H-pyrrole nitrogens is 1. The fourth-order valence-electron chi connectivity index (χ4n) is 5.27. The number of aromatic hydroxyl groups is 1. The lowest BCUT2D eigenvalue weighted by atomic mass is 10.0. The van der Waals surface area contributed by atoms with E-state index in [-0.39, 0.29) is 11.7 Å². The normalized spacial score (nSPS) is 13.8. The number of phenolic OH excluding ortho intramolecular Hbond substituents is 1. The van der Waals surface area contributed by atoms with Crippen molar-refractivity contribution in [2.75, 3.05) is 25.5 Å². The molecule has 0 spiro atoms. The third-order valence-corrected chi connectivity index (χ3v) is 7.38. The van der Waals surface area contributed by atoms with Crippen molar-refractivity contribution >= 4 is 22.6 Å². The molecule has 0 radical (unpaired) electrons. The number of para-hydroxylation sites is 1. The molecule has 1 aliphatic rings. The van der Waals surface area contributed by atoms with Crippen LogP contribution in [0.1, 0.15) is 35.2 Å². The topological polar surface area (TPSA) is 103 Å². The van der Waals surface area contributed by atoms with E-state index < -0.39 is 0 Å². The number of aromatic nitrogens is 3. The van der Waals surface area contributed by atoms with Crippen molar-refractivity contribution in [3.05, 3.63) is 90.1 Å². The van der Waals surface area contributed by atoms with Gasteiger partial charge in [-0.2, -0.15) is 0 Å². The molecule has 3 N–H and O–H groups in total. The SMILES string of the molecule is COc1ncccc1-c1ccc(O)c(-c2nc3cc(C(=O)Nc4ccccc4CN4CCCCC4)ccc3[nH]2)c1. The molecule has 1 amide bonds. The summed E-state index contributed by atoms with van der Waals surface area (Å²) in [4.78, 5) is 28.0. The zero-order chi connectivity index (χ0) is 27.5. The van der Waals surface area contributed by atoms with Crippen LogP contribution in [0.3, 0.4) is 0 Å². The van der Waals surface area contributed by atoms with E-state index in [1.54, 1.807) is 31.5 Å². The number of aromatic amines is 1. The summed E-state index contributed by atoms with van der Waals surface area (Å²) in [7, 11) is 1.58. The monoisotopic (exact) mass is 533 g/mol. The van der Waals surface area contributed by atoms with Gasteiger partial charge in [0.15, 0.2) is 0 Å². The Labute approximate surface area is 232 Å². The summed E-state index contributed by atoms with van der Waals surface area (Å²) in [5.74, 6) is 0.901. The molecule has 1 aliphatic heterocycles. The van der Waals surface area contributed by atoms with Crippen LogP contribution in [0.25, 0.3) is 33.5 Å². The molecule has 3 heterocycles. The fourth-order valence-corrected chi connectivity index (χ4v) is 5.27. The maximum atomic E-state index is 13.3. The Bertz CT molecular complexity index is 1670. The molecule has 0 aliphatic carbocycles. The van der Waals surface area contributed by atoms with Crippen LogP contribution in [0.5, 0.6) is 11.6 Å². The minimum Gasteiger partial charge on any atom is -0.507 e. The van der Waals surface area contributed by atoms with E-state index in [9.17, 15) is 9.90 Å². The standard InChI is InChI=1S/C32H31N5O3/c1-40-32-24(9-7-15-33-32)21-12-14-29(38)25(18-21)30-34-27-13-11-22(19-28(27)35-30)31(39)36-26-10-4-3-8-23(26)20-37-16-5-2-6-17-37/h3-4,7-15,18-19,38H,2,5-6,16-17,20H2,1H3,(H,34,35)(H,36,39). The number of imidazole rings is 1. The largest absolute Gasteiger partial charge is 0.507 e. The summed E-state index contributed by atoms with van der Waals surface area (Å²) >= 11 is 0. The molecule has 0 saturated carbocycles. The van der Waals surface area contributed by atoms with Gasteiger partial charge in [-0.15, -0.1) is 0 Å². The lowest BCUT2D eigenvalue weighted by Crippen LogP contribution is -2.29. The Morgan fingerprint density at radius 2 is 1.85 bits per heavy atom. The van der Waals surface area contributed by atoms with Crippen molar-refractivity contribution < 1.29 is 14.6 Å². The van der Waals surface area contributed by atoms with Crippen molar-refractivity contribution in [1.82, 2.24) is 19.9 Å². The van der Waals surface area contributed by atoms with Crippen LogP contribution in [0, 0.1) is 0 Å². The number of carbonyl (C=O) groups excluding carboxylic acids is 1. The number of benzene rings is 3. The number of nitrogens with zero attached hydrogens (tertiary/aromatic N) is 3. The van der Waals surface area contributed by atoms with E-state index in [4.69, 9.17) is 9.72 Å². The number of likely N-dealkylation sites (tertiary alicyclic amines) is 1. The van der Waals surface area contributed by atoms with Crippen molar-refractivity contribution in [3.8, 4) is 34.1 Å². The molecule has 202 valence electrons. The van der Waals surface area contributed by atoms with Crippen molar-refractivity contribution in [3.63, 3.8) is 0 Å². The first-order valence-corrected chi connectivity index (χ1v) is 13.5. The molecule has 8 nitrogen and oxygen atoms in total. The highest BCUT2D eigenvalue weighted by Gasteiger charge is 2.17. The number of anilines is 1. The van der Waals surface area contributed by atoms with E-state index in [2.05, 4.69) is 26.3 Å². The number of carbonyl (C=O) groups is 1. The van der Waals surface area contributed by atoms with Crippen LogP contribution in [0.15, 0.2) is 79.0 Å². The van der Waals surface area contributed by atoms with Gasteiger partial charge in [-0.05, 0) is 85.6 Å². The highest BCUT2D eigenvalue weighted by Crippen LogP contribution is 2.36. The Kier molecular flexibility index (Phi) is 7.16. The van der Waals surface area contributed by atoms with Crippen LogP contribution in [-0.4, -0.2) is 51.1 Å². The van der Waals surface area contributed by atoms with Gasteiger partial charge in [0.2, 0.25) is 5.88 Å². The van der Waals surface area contributed by atoms with E-state index in [1.807, 2.05) is 48.5 Å². The quantitative estimate of drug-likeness (QED) is 0.229. The van der Waals surface area contributed by atoms with Crippen molar-refractivity contribution in [2.45, 2.75) is 25.8 Å². The third kappa shape index (κ3) is 5.26. The average Bonchev–Trinajstić information content (AvgIpc) is 3.42. The average molecular weight is 534 g/mol. The first kappa shape index (κ1) is 25.6. The first-order chi connectivity index (χ1) is 19.6. The van der Waals surface area contributed by atoms with Gasteiger partial charge in [-0.25, -0.2) is 9.97 Å². The molecular weight excluding hydrogens is 502 g/mol. The second kappa shape index (κ2) is 11.2. The number of fused-ring (bicyclic) bond motifs is 1. The van der Waals surface area contributed by atoms with Crippen LogP contribution in [-0.2, 0) is 6.54 Å². The number of phenols is 1. The van der Waals surface area contributed by atoms with Crippen molar-refractivity contribution in [2.24, 2.45) is 0 Å². The molecule has 8 heteroatoms. The summed E-state index contributed by atoms with van der Waals surface area (Å²) < 4.78 is 5.41. The van der Waals surface area contributed by atoms with Gasteiger partial charge < -0.3 is 20.1 Å². The zero-order valence-corrected chi connectivity index (χ0v) is 22.4. The lowest BCUT2D eigenvalue weighted by molar-refractivity contribution is 0.102. The molecule has 1 saturated heterocycles. The Hall–Kier alpha value is -4.69. The van der Waals surface area contributed by atoms with Crippen molar-refractivity contribution in [1.29, 1.82) is 0 Å². The molecule has 6 rings (SSSR count). The van der Waals surface area contributed by atoms with Gasteiger partial charge in [0.25, 0.3) is 5.91 Å². The number of nitrogens with one attached hydrogen (secondary N) is 2. The predicted octanol–water partition coefficient (Wildman–Crippen LogP) is 6.24. The number of pyridine rings is 1. The molecule has 0 unspecified atom stereocenters. The number of piperidine rings is 1. The number of amides is 1. The maximum Gasteiger partial charge on any atom is 0.255 e. The number of ether oxygens (including phenoxy) is 1. The zero-order valence-electron chi connectivity index (χ0n) is 22.4. The van der Waals surface area contributed by atoms with E-state index in [1.165, 1.54) is 19.3 Å². The number of hydrogen-bond acceptors (Lipinski definition) is 6. The number of methoxy groups -OCH3 is 1.